The summed E-state index contributed by atoms with van der Waals surface area (Å²) in [4.78, 5) is 0. The quantitative estimate of drug-likeness (QED) is 0.680. The zero-order chi connectivity index (χ0) is 10.5. The summed E-state index contributed by atoms with van der Waals surface area (Å²) in [5, 5.41) is 3.66. The summed E-state index contributed by atoms with van der Waals surface area (Å²) in [5.41, 5.74) is 0. The van der Waals surface area contributed by atoms with Crippen LogP contribution in [-0.4, -0.2) is 12.6 Å². The van der Waals surface area contributed by atoms with Gasteiger partial charge in [0.15, 0.2) is 0 Å². The molecule has 0 aromatic carbocycles. The Kier molecular flexibility index (Phi) is 4.49. The monoisotopic (exact) mass is 209 g/mol. The topological polar surface area (TPSA) is 12.0 Å². The average Bonchev–Trinajstić information content (AvgIpc) is 3.03. The minimum Gasteiger partial charge on any atom is -0.314 e. The van der Waals surface area contributed by atoms with Crippen LogP contribution in [-0.2, 0) is 0 Å². The summed E-state index contributed by atoms with van der Waals surface area (Å²) < 4.78 is 0. The molecule has 2 rings (SSSR count). The van der Waals surface area contributed by atoms with Crippen molar-refractivity contribution in [2.75, 3.05) is 6.54 Å². The third-order valence-corrected chi connectivity index (χ3v) is 4.04. The standard InChI is InChI=1S/C14H27N/c1-12(11-15-14-8-9-14)10-13-6-4-2-3-5-7-13/h12-15H,2-11H2,1H3. The van der Waals surface area contributed by atoms with Crippen molar-refractivity contribution in [3.8, 4) is 0 Å². The Morgan fingerprint density at radius 3 is 2.27 bits per heavy atom. The van der Waals surface area contributed by atoms with Crippen LogP contribution in [0.5, 0.6) is 0 Å². The molecule has 1 heteroatoms. The van der Waals surface area contributed by atoms with Crippen molar-refractivity contribution < 1.29 is 0 Å². The first-order valence-corrected chi connectivity index (χ1v) is 7.08. The van der Waals surface area contributed by atoms with Crippen molar-refractivity contribution in [2.24, 2.45) is 11.8 Å². The van der Waals surface area contributed by atoms with Gasteiger partial charge in [-0.2, -0.15) is 0 Å². The molecule has 1 unspecified atom stereocenters. The Morgan fingerprint density at radius 2 is 1.67 bits per heavy atom. The second-order valence-corrected chi connectivity index (χ2v) is 5.88. The van der Waals surface area contributed by atoms with E-state index in [0.717, 1.165) is 17.9 Å². The van der Waals surface area contributed by atoms with Crippen molar-refractivity contribution in [2.45, 2.75) is 70.8 Å². The van der Waals surface area contributed by atoms with Crippen LogP contribution in [0.15, 0.2) is 0 Å². The molecule has 0 saturated heterocycles. The number of nitrogens with one attached hydrogen (secondary N) is 1. The van der Waals surface area contributed by atoms with E-state index in [1.165, 1.54) is 64.3 Å². The highest BCUT2D eigenvalue weighted by atomic mass is 14.9. The molecular formula is C14H27N. The SMILES string of the molecule is CC(CNC1CC1)CC1CCCCCC1. The normalized spacial score (nSPS) is 26.2. The van der Waals surface area contributed by atoms with Crippen molar-refractivity contribution in [1.82, 2.24) is 5.32 Å². The molecule has 0 radical (unpaired) electrons. The first-order valence-electron chi connectivity index (χ1n) is 7.08. The van der Waals surface area contributed by atoms with E-state index < -0.39 is 0 Å². The van der Waals surface area contributed by atoms with E-state index in [9.17, 15) is 0 Å². The predicted octanol–water partition coefficient (Wildman–Crippen LogP) is 3.74. The second kappa shape index (κ2) is 5.89. The van der Waals surface area contributed by atoms with Crippen molar-refractivity contribution >= 4 is 0 Å². The highest BCUT2D eigenvalue weighted by Crippen LogP contribution is 2.28. The number of rotatable bonds is 5. The summed E-state index contributed by atoms with van der Waals surface area (Å²) in [6.45, 7) is 3.70. The molecule has 0 bridgehead atoms. The van der Waals surface area contributed by atoms with Gasteiger partial charge in [-0.1, -0.05) is 45.4 Å². The van der Waals surface area contributed by atoms with Crippen molar-refractivity contribution in [3.63, 3.8) is 0 Å². The predicted molar refractivity (Wildman–Crippen MR) is 66.0 cm³/mol. The van der Waals surface area contributed by atoms with Gasteiger partial charge in [-0.05, 0) is 37.6 Å². The highest BCUT2D eigenvalue weighted by Gasteiger charge is 2.22. The summed E-state index contributed by atoms with van der Waals surface area (Å²) in [6, 6.07) is 0.890. The minimum absolute atomic E-state index is 0.890. The van der Waals surface area contributed by atoms with Gasteiger partial charge in [-0.3, -0.25) is 0 Å². The Balaban J connectivity index is 1.60. The molecule has 0 heterocycles. The first kappa shape index (κ1) is 11.4. The summed E-state index contributed by atoms with van der Waals surface area (Å²) in [6.07, 6.45) is 13.3. The van der Waals surface area contributed by atoms with E-state index in [0.29, 0.717) is 0 Å². The number of hydrogen-bond acceptors (Lipinski definition) is 1. The van der Waals surface area contributed by atoms with E-state index in [2.05, 4.69) is 12.2 Å². The lowest BCUT2D eigenvalue weighted by Crippen LogP contribution is -2.24. The largest absolute Gasteiger partial charge is 0.314 e. The molecule has 88 valence electrons. The van der Waals surface area contributed by atoms with Crippen LogP contribution in [0.2, 0.25) is 0 Å². The molecule has 0 aromatic rings. The van der Waals surface area contributed by atoms with Gasteiger partial charge < -0.3 is 5.32 Å². The van der Waals surface area contributed by atoms with Gasteiger partial charge in [-0.15, -0.1) is 0 Å². The van der Waals surface area contributed by atoms with Crippen LogP contribution in [0, 0.1) is 11.8 Å². The molecule has 2 aliphatic carbocycles. The maximum Gasteiger partial charge on any atom is 0.00683 e. The molecular weight excluding hydrogens is 182 g/mol. The number of hydrogen-bond donors (Lipinski definition) is 1. The summed E-state index contributed by atoms with van der Waals surface area (Å²) in [5.74, 6) is 1.94. The summed E-state index contributed by atoms with van der Waals surface area (Å²) in [7, 11) is 0. The third kappa shape index (κ3) is 4.55. The van der Waals surface area contributed by atoms with E-state index in [1.807, 2.05) is 0 Å². The van der Waals surface area contributed by atoms with Crippen LogP contribution in [0.1, 0.15) is 64.7 Å². The molecule has 0 spiro atoms. The van der Waals surface area contributed by atoms with Gasteiger partial charge in [0.2, 0.25) is 0 Å². The zero-order valence-electron chi connectivity index (χ0n) is 10.3. The van der Waals surface area contributed by atoms with Gasteiger partial charge in [0.05, 0.1) is 0 Å². The molecule has 1 N–H and O–H groups in total. The minimum atomic E-state index is 0.890. The maximum absolute atomic E-state index is 3.66. The Hall–Kier alpha value is -0.0400. The van der Waals surface area contributed by atoms with Crippen molar-refractivity contribution in [3.05, 3.63) is 0 Å². The van der Waals surface area contributed by atoms with E-state index in [4.69, 9.17) is 0 Å². The van der Waals surface area contributed by atoms with Gasteiger partial charge in [-0.25, -0.2) is 0 Å². The fourth-order valence-corrected chi connectivity index (χ4v) is 2.91. The van der Waals surface area contributed by atoms with Gasteiger partial charge in [0.25, 0.3) is 0 Å². The third-order valence-electron chi connectivity index (χ3n) is 4.04. The van der Waals surface area contributed by atoms with E-state index in [1.54, 1.807) is 0 Å². The van der Waals surface area contributed by atoms with Gasteiger partial charge in [0.1, 0.15) is 0 Å². The molecule has 0 aliphatic heterocycles. The lowest BCUT2D eigenvalue weighted by atomic mass is 9.90. The lowest BCUT2D eigenvalue weighted by Gasteiger charge is -2.19. The van der Waals surface area contributed by atoms with Crippen LogP contribution in [0.3, 0.4) is 0 Å². The maximum atomic E-state index is 3.66. The zero-order valence-corrected chi connectivity index (χ0v) is 10.3. The molecule has 2 saturated carbocycles. The van der Waals surface area contributed by atoms with Gasteiger partial charge in [0, 0.05) is 6.04 Å². The lowest BCUT2D eigenvalue weighted by molar-refractivity contribution is 0.344. The molecule has 0 aromatic heterocycles. The Labute approximate surface area is 95.0 Å². The highest BCUT2D eigenvalue weighted by molar-refractivity contribution is 4.81. The average molecular weight is 209 g/mol. The summed E-state index contributed by atoms with van der Waals surface area (Å²) >= 11 is 0. The van der Waals surface area contributed by atoms with Crippen LogP contribution < -0.4 is 5.32 Å². The fraction of sp³-hybridized carbons (Fsp3) is 1.00. The van der Waals surface area contributed by atoms with E-state index in [-0.39, 0.29) is 0 Å². The van der Waals surface area contributed by atoms with Crippen LogP contribution >= 0.6 is 0 Å². The molecule has 15 heavy (non-hydrogen) atoms. The molecule has 0 amide bonds. The molecule has 2 fully saturated rings. The van der Waals surface area contributed by atoms with Crippen molar-refractivity contribution in [1.29, 1.82) is 0 Å². The fourth-order valence-electron chi connectivity index (χ4n) is 2.91. The molecule has 2 aliphatic rings. The van der Waals surface area contributed by atoms with E-state index >= 15 is 0 Å². The van der Waals surface area contributed by atoms with Gasteiger partial charge >= 0.3 is 0 Å². The van der Waals surface area contributed by atoms with Crippen LogP contribution in [0.25, 0.3) is 0 Å². The smallest absolute Gasteiger partial charge is 0.00683 e. The Morgan fingerprint density at radius 1 is 1.00 bits per heavy atom. The Bertz CT molecular complexity index is 166. The van der Waals surface area contributed by atoms with Crippen LogP contribution in [0.4, 0.5) is 0 Å². The molecule has 1 nitrogen and oxygen atoms in total. The molecule has 1 atom stereocenters. The second-order valence-electron chi connectivity index (χ2n) is 5.88. The first-order chi connectivity index (χ1) is 7.34.